The van der Waals surface area contributed by atoms with E-state index in [9.17, 15) is 4.79 Å². The molecule has 3 N–H and O–H groups in total. The summed E-state index contributed by atoms with van der Waals surface area (Å²) in [5, 5.41) is 2.89. The largest absolute Gasteiger partial charge is 0.396 e. The Morgan fingerprint density at radius 2 is 1.95 bits per heavy atom. The molecule has 1 aromatic carbocycles. The van der Waals surface area contributed by atoms with Gasteiger partial charge in [-0.3, -0.25) is 4.79 Å². The van der Waals surface area contributed by atoms with E-state index < -0.39 is 0 Å². The summed E-state index contributed by atoms with van der Waals surface area (Å²) in [4.78, 5) is 21.7. The highest BCUT2D eigenvalue weighted by molar-refractivity contribution is 7.21. The number of nitrogen functional groups attached to an aromatic ring is 1. The van der Waals surface area contributed by atoms with E-state index >= 15 is 0 Å². The topological polar surface area (TPSA) is 80.9 Å². The highest BCUT2D eigenvalue weighted by atomic mass is 32.1. The zero-order valence-corrected chi connectivity index (χ0v) is 12.1. The number of carbonyl (C=O) groups excluding carboxylic acids is 1. The average molecular weight is 298 g/mol. The van der Waals surface area contributed by atoms with Crippen LogP contribution in [0.25, 0.3) is 10.3 Å². The molecule has 0 bridgehead atoms. The van der Waals surface area contributed by atoms with Gasteiger partial charge < -0.3 is 11.1 Å². The average Bonchev–Trinajstić information content (AvgIpc) is 2.86. The monoisotopic (exact) mass is 298 g/mol. The van der Waals surface area contributed by atoms with Crippen molar-refractivity contribution in [2.75, 3.05) is 12.3 Å². The first kappa shape index (κ1) is 13.5. The van der Waals surface area contributed by atoms with E-state index in [1.165, 1.54) is 16.9 Å². The number of anilines is 1. The minimum Gasteiger partial charge on any atom is -0.396 e. The number of thiophene rings is 1. The molecule has 3 aromatic rings. The molecule has 21 heavy (non-hydrogen) atoms. The van der Waals surface area contributed by atoms with E-state index in [0.29, 0.717) is 27.5 Å². The number of nitrogens with two attached hydrogens (primary N) is 1. The van der Waals surface area contributed by atoms with Gasteiger partial charge >= 0.3 is 0 Å². The Kier molecular flexibility index (Phi) is 3.79. The summed E-state index contributed by atoms with van der Waals surface area (Å²) in [5.74, 6) is -0.173. The SMILES string of the molecule is Nc1c(C(=O)NCCc2ccccc2)sc2nccnc12. The van der Waals surface area contributed by atoms with Gasteiger partial charge in [-0.1, -0.05) is 30.3 Å². The van der Waals surface area contributed by atoms with Crippen LogP contribution in [0.5, 0.6) is 0 Å². The van der Waals surface area contributed by atoms with Gasteiger partial charge in [0.15, 0.2) is 0 Å². The van der Waals surface area contributed by atoms with Gasteiger partial charge in [0.05, 0.1) is 5.69 Å². The van der Waals surface area contributed by atoms with E-state index in [1.54, 1.807) is 12.4 Å². The number of rotatable bonds is 4. The third-order valence-corrected chi connectivity index (χ3v) is 4.21. The zero-order valence-electron chi connectivity index (χ0n) is 11.2. The quantitative estimate of drug-likeness (QED) is 0.774. The molecular weight excluding hydrogens is 284 g/mol. The molecular formula is C15H14N4OS. The Labute approximate surface area is 125 Å². The van der Waals surface area contributed by atoms with Crippen LogP contribution in [0, 0.1) is 0 Å². The molecule has 0 unspecified atom stereocenters. The third kappa shape index (κ3) is 2.85. The molecule has 0 atom stereocenters. The van der Waals surface area contributed by atoms with Gasteiger partial charge in [-0.15, -0.1) is 11.3 Å². The van der Waals surface area contributed by atoms with Gasteiger partial charge in [0.2, 0.25) is 0 Å². The van der Waals surface area contributed by atoms with Crippen molar-refractivity contribution in [3.8, 4) is 0 Å². The van der Waals surface area contributed by atoms with E-state index in [0.717, 1.165) is 6.42 Å². The maximum absolute atomic E-state index is 12.2. The Morgan fingerprint density at radius 3 is 2.71 bits per heavy atom. The lowest BCUT2D eigenvalue weighted by Crippen LogP contribution is -2.25. The number of hydrogen-bond acceptors (Lipinski definition) is 5. The summed E-state index contributed by atoms with van der Waals surface area (Å²) < 4.78 is 0. The molecule has 5 nitrogen and oxygen atoms in total. The van der Waals surface area contributed by atoms with Crippen molar-refractivity contribution in [1.29, 1.82) is 0 Å². The number of carbonyl (C=O) groups is 1. The minimum absolute atomic E-state index is 0.173. The van der Waals surface area contributed by atoms with Gasteiger partial charge in [-0.2, -0.15) is 0 Å². The second kappa shape index (κ2) is 5.88. The summed E-state index contributed by atoms with van der Waals surface area (Å²) in [6.45, 7) is 0.567. The molecule has 2 heterocycles. The highest BCUT2D eigenvalue weighted by Gasteiger charge is 2.17. The predicted octanol–water partition coefficient (Wildman–Crippen LogP) is 2.25. The number of aromatic nitrogens is 2. The Hall–Kier alpha value is -2.47. The fraction of sp³-hybridized carbons (Fsp3) is 0.133. The van der Waals surface area contributed by atoms with Gasteiger partial charge in [-0.25, -0.2) is 9.97 Å². The minimum atomic E-state index is -0.173. The van der Waals surface area contributed by atoms with E-state index in [-0.39, 0.29) is 5.91 Å². The van der Waals surface area contributed by atoms with Crippen LogP contribution in [0.2, 0.25) is 0 Å². The van der Waals surface area contributed by atoms with E-state index in [2.05, 4.69) is 15.3 Å². The second-order valence-corrected chi connectivity index (χ2v) is 5.55. The molecule has 0 radical (unpaired) electrons. The highest BCUT2D eigenvalue weighted by Crippen LogP contribution is 2.30. The molecule has 1 amide bonds. The smallest absolute Gasteiger partial charge is 0.263 e. The first-order valence-electron chi connectivity index (χ1n) is 6.57. The number of amides is 1. The Morgan fingerprint density at radius 1 is 1.19 bits per heavy atom. The molecule has 3 rings (SSSR count). The third-order valence-electron chi connectivity index (χ3n) is 3.11. The first-order chi connectivity index (χ1) is 10.3. The lowest BCUT2D eigenvalue weighted by Gasteiger charge is -2.04. The van der Waals surface area contributed by atoms with Crippen LogP contribution in [0.3, 0.4) is 0 Å². The molecule has 106 valence electrons. The summed E-state index contributed by atoms with van der Waals surface area (Å²) in [7, 11) is 0. The molecule has 0 aliphatic heterocycles. The van der Waals surface area contributed by atoms with Crippen molar-refractivity contribution in [3.63, 3.8) is 0 Å². The van der Waals surface area contributed by atoms with Crippen molar-refractivity contribution in [1.82, 2.24) is 15.3 Å². The normalized spacial score (nSPS) is 10.7. The molecule has 0 saturated heterocycles. The maximum Gasteiger partial charge on any atom is 0.263 e. The fourth-order valence-electron chi connectivity index (χ4n) is 2.06. The van der Waals surface area contributed by atoms with Gasteiger partial charge in [0, 0.05) is 18.9 Å². The van der Waals surface area contributed by atoms with Crippen LogP contribution in [-0.2, 0) is 6.42 Å². The predicted molar refractivity (Wildman–Crippen MR) is 84.3 cm³/mol. The Balaban J connectivity index is 1.68. The molecule has 0 aliphatic rings. The maximum atomic E-state index is 12.2. The lowest BCUT2D eigenvalue weighted by atomic mass is 10.1. The Bertz CT molecular complexity index is 770. The fourth-order valence-corrected chi connectivity index (χ4v) is 3.00. The number of hydrogen-bond donors (Lipinski definition) is 2. The van der Waals surface area contributed by atoms with Crippen LogP contribution in [0.15, 0.2) is 42.7 Å². The molecule has 0 spiro atoms. The van der Waals surface area contributed by atoms with E-state index in [1.807, 2.05) is 30.3 Å². The number of benzene rings is 1. The molecule has 6 heteroatoms. The molecule has 2 aromatic heterocycles. The number of fused-ring (bicyclic) bond motifs is 1. The van der Waals surface area contributed by atoms with Crippen LogP contribution >= 0.6 is 11.3 Å². The summed E-state index contributed by atoms with van der Waals surface area (Å²) in [5.41, 5.74) is 8.15. The standard InChI is InChI=1S/C15H14N4OS/c16-11-12-15(19-9-8-17-12)21-13(11)14(20)18-7-6-10-4-2-1-3-5-10/h1-5,8-9H,6-7,16H2,(H,18,20). The number of nitrogens with zero attached hydrogens (tertiary/aromatic N) is 2. The van der Waals surface area contributed by atoms with Crippen molar-refractivity contribution in [2.24, 2.45) is 0 Å². The first-order valence-corrected chi connectivity index (χ1v) is 7.38. The molecule has 0 aliphatic carbocycles. The van der Waals surface area contributed by atoms with Crippen LogP contribution in [0.1, 0.15) is 15.2 Å². The van der Waals surface area contributed by atoms with Crippen molar-refractivity contribution in [3.05, 3.63) is 53.2 Å². The summed E-state index contributed by atoms with van der Waals surface area (Å²) in [6.07, 6.45) is 3.95. The van der Waals surface area contributed by atoms with Crippen molar-refractivity contribution < 1.29 is 4.79 Å². The zero-order chi connectivity index (χ0) is 14.7. The molecule has 0 fully saturated rings. The summed E-state index contributed by atoms with van der Waals surface area (Å²) >= 11 is 1.27. The van der Waals surface area contributed by atoms with Gasteiger partial charge in [0.1, 0.15) is 15.2 Å². The second-order valence-electron chi connectivity index (χ2n) is 4.55. The van der Waals surface area contributed by atoms with Crippen molar-refractivity contribution in [2.45, 2.75) is 6.42 Å². The van der Waals surface area contributed by atoms with Crippen LogP contribution < -0.4 is 11.1 Å². The van der Waals surface area contributed by atoms with Crippen LogP contribution in [0.4, 0.5) is 5.69 Å². The molecule has 0 saturated carbocycles. The van der Waals surface area contributed by atoms with E-state index in [4.69, 9.17) is 5.73 Å². The van der Waals surface area contributed by atoms with Gasteiger partial charge in [-0.05, 0) is 12.0 Å². The van der Waals surface area contributed by atoms with Gasteiger partial charge in [0.25, 0.3) is 5.91 Å². The summed E-state index contributed by atoms with van der Waals surface area (Å²) in [6, 6.07) is 10.0. The van der Waals surface area contributed by atoms with Crippen LogP contribution in [-0.4, -0.2) is 22.4 Å². The van der Waals surface area contributed by atoms with Crippen molar-refractivity contribution >= 4 is 33.3 Å². The lowest BCUT2D eigenvalue weighted by molar-refractivity contribution is 0.0959. The number of nitrogens with one attached hydrogen (secondary N) is 1.